The van der Waals surface area contributed by atoms with Gasteiger partial charge in [0.2, 0.25) is 5.91 Å². The molecule has 3 atom stereocenters. The van der Waals surface area contributed by atoms with E-state index in [1.54, 1.807) is 7.11 Å². The summed E-state index contributed by atoms with van der Waals surface area (Å²) in [5, 5.41) is 6.33. The van der Waals surface area contributed by atoms with Gasteiger partial charge in [0.05, 0.1) is 18.7 Å². The molecule has 0 aromatic rings. The lowest BCUT2D eigenvalue weighted by atomic mass is 9.92. The fourth-order valence-corrected chi connectivity index (χ4v) is 2.15. The number of methoxy groups -OCH3 is 1. The van der Waals surface area contributed by atoms with Crippen LogP contribution in [-0.4, -0.2) is 38.3 Å². The molecule has 1 amide bonds. The number of rotatable bonds is 5. The first kappa shape index (κ1) is 13.5. The molecule has 0 spiro atoms. The standard InChI is InChI=1S/C12H24N2O2/c1-4-10(8-16-3)14-12(15)11-9(2)6-5-7-13-11/h9-11,13H,4-8H2,1-3H3,(H,14,15). The molecule has 0 aromatic carbocycles. The number of hydrogen-bond donors (Lipinski definition) is 2. The summed E-state index contributed by atoms with van der Waals surface area (Å²) in [6.45, 7) is 5.72. The SMILES string of the molecule is CCC(COC)NC(=O)C1NCCCC1C. The van der Waals surface area contributed by atoms with Crippen molar-refractivity contribution in [3.63, 3.8) is 0 Å². The Kier molecular flexibility index (Phi) is 5.77. The van der Waals surface area contributed by atoms with E-state index in [0.717, 1.165) is 19.4 Å². The average Bonchev–Trinajstić information content (AvgIpc) is 2.28. The monoisotopic (exact) mass is 228 g/mol. The molecule has 1 rings (SSSR count). The molecule has 1 fully saturated rings. The molecule has 0 aliphatic carbocycles. The highest BCUT2D eigenvalue weighted by atomic mass is 16.5. The van der Waals surface area contributed by atoms with E-state index in [1.807, 2.05) is 0 Å². The summed E-state index contributed by atoms with van der Waals surface area (Å²) in [5.41, 5.74) is 0. The van der Waals surface area contributed by atoms with Crippen molar-refractivity contribution in [3.8, 4) is 0 Å². The number of amides is 1. The molecule has 3 unspecified atom stereocenters. The predicted molar refractivity (Wildman–Crippen MR) is 64.3 cm³/mol. The van der Waals surface area contributed by atoms with Crippen LogP contribution >= 0.6 is 0 Å². The first-order valence-corrected chi connectivity index (χ1v) is 6.21. The van der Waals surface area contributed by atoms with Crippen LogP contribution in [0.1, 0.15) is 33.1 Å². The van der Waals surface area contributed by atoms with Crippen molar-refractivity contribution in [2.24, 2.45) is 5.92 Å². The molecule has 16 heavy (non-hydrogen) atoms. The van der Waals surface area contributed by atoms with Gasteiger partial charge in [0, 0.05) is 7.11 Å². The lowest BCUT2D eigenvalue weighted by Gasteiger charge is -2.30. The molecule has 94 valence electrons. The van der Waals surface area contributed by atoms with Crippen LogP contribution in [0.15, 0.2) is 0 Å². The van der Waals surface area contributed by atoms with Crippen LogP contribution in [-0.2, 0) is 9.53 Å². The Labute approximate surface area is 98.1 Å². The van der Waals surface area contributed by atoms with Gasteiger partial charge in [-0.2, -0.15) is 0 Å². The minimum atomic E-state index is -0.0281. The number of carbonyl (C=O) groups excluding carboxylic acids is 1. The summed E-state index contributed by atoms with van der Waals surface area (Å²) < 4.78 is 5.07. The second kappa shape index (κ2) is 6.86. The molecule has 1 aliphatic rings. The fraction of sp³-hybridized carbons (Fsp3) is 0.917. The van der Waals surface area contributed by atoms with Crippen LogP contribution < -0.4 is 10.6 Å². The van der Waals surface area contributed by atoms with Gasteiger partial charge >= 0.3 is 0 Å². The Balaban J connectivity index is 2.42. The van der Waals surface area contributed by atoms with E-state index in [1.165, 1.54) is 6.42 Å². The number of nitrogens with one attached hydrogen (secondary N) is 2. The molecule has 1 saturated heterocycles. The Morgan fingerprint density at radius 1 is 1.62 bits per heavy atom. The van der Waals surface area contributed by atoms with Crippen LogP contribution in [0.5, 0.6) is 0 Å². The number of ether oxygens (including phenoxy) is 1. The average molecular weight is 228 g/mol. The minimum absolute atomic E-state index is 0.0281. The highest BCUT2D eigenvalue weighted by molar-refractivity contribution is 5.82. The molecular weight excluding hydrogens is 204 g/mol. The van der Waals surface area contributed by atoms with Crippen molar-refractivity contribution < 1.29 is 9.53 Å². The second-order valence-corrected chi connectivity index (χ2v) is 4.62. The summed E-state index contributed by atoms with van der Waals surface area (Å²) in [4.78, 5) is 12.0. The topological polar surface area (TPSA) is 50.4 Å². The van der Waals surface area contributed by atoms with E-state index < -0.39 is 0 Å². The zero-order chi connectivity index (χ0) is 12.0. The second-order valence-electron chi connectivity index (χ2n) is 4.62. The number of piperidine rings is 1. The van der Waals surface area contributed by atoms with Gasteiger partial charge in [-0.25, -0.2) is 0 Å². The molecule has 0 aromatic heterocycles. The van der Waals surface area contributed by atoms with Crippen LogP contribution in [0.4, 0.5) is 0 Å². The summed E-state index contributed by atoms with van der Waals surface area (Å²) in [6, 6.07) is 0.105. The Morgan fingerprint density at radius 2 is 2.38 bits per heavy atom. The van der Waals surface area contributed by atoms with Crippen molar-refractivity contribution in [3.05, 3.63) is 0 Å². The first-order chi connectivity index (χ1) is 7.69. The van der Waals surface area contributed by atoms with Gasteiger partial charge in [0.15, 0.2) is 0 Å². The molecule has 0 bridgehead atoms. The van der Waals surface area contributed by atoms with Gasteiger partial charge < -0.3 is 15.4 Å². The third kappa shape index (κ3) is 3.76. The maximum atomic E-state index is 12.0. The molecule has 1 heterocycles. The summed E-state index contributed by atoms with van der Waals surface area (Å²) >= 11 is 0. The Morgan fingerprint density at radius 3 is 2.94 bits per heavy atom. The molecular formula is C12H24N2O2. The minimum Gasteiger partial charge on any atom is -0.383 e. The van der Waals surface area contributed by atoms with Crippen LogP contribution in [0.2, 0.25) is 0 Å². The van der Waals surface area contributed by atoms with Gasteiger partial charge in [-0.15, -0.1) is 0 Å². The zero-order valence-electron chi connectivity index (χ0n) is 10.6. The normalized spacial score (nSPS) is 27.4. The predicted octanol–water partition coefficient (Wildman–Crippen LogP) is 0.916. The molecule has 4 nitrogen and oxygen atoms in total. The molecule has 1 aliphatic heterocycles. The molecule has 0 saturated carbocycles. The van der Waals surface area contributed by atoms with Gasteiger partial charge in [0.1, 0.15) is 0 Å². The van der Waals surface area contributed by atoms with E-state index in [2.05, 4.69) is 24.5 Å². The van der Waals surface area contributed by atoms with Crippen molar-refractivity contribution in [1.82, 2.24) is 10.6 Å². The third-order valence-corrected chi connectivity index (χ3v) is 3.26. The van der Waals surface area contributed by atoms with Crippen LogP contribution in [0.3, 0.4) is 0 Å². The zero-order valence-corrected chi connectivity index (χ0v) is 10.6. The van der Waals surface area contributed by atoms with Crippen LogP contribution in [0, 0.1) is 5.92 Å². The Bertz CT molecular complexity index is 221. The number of hydrogen-bond acceptors (Lipinski definition) is 3. The molecule has 2 N–H and O–H groups in total. The van der Waals surface area contributed by atoms with Crippen molar-refractivity contribution >= 4 is 5.91 Å². The fourth-order valence-electron chi connectivity index (χ4n) is 2.15. The van der Waals surface area contributed by atoms with E-state index in [0.29, 0.717) is 12.5 Å². The van der Waals surface area contributed by atoms with E-state index in [9.17, 15) is 4.79 Å². The lowest BCUT2D eigenvalue weighted by Crippen LogP contribution is -2.53. The van der Waals surface area contributed by atoms with Crippen LogP contribution in [0.25, 0.3) is 0 Å². The lowest BCUT2D eigenvalue weighted by molar-refractivity contribution is -0.126. The molecule has 0 radical (unpaired) electrons. The van der Waals surface area contributed by atoms with Crippen molar-refractivity contribution in [2.45, 2.75) is 45.2 Å². The van der Waals surface area contributed by atoms with E-state index in [4.69, 9.17) is 4.74 Å². The first-order valence-electron chi connectivity index (χ1n) is 6.21. The maximum Gasteiger partial charge on any atom is 0.237 e. The highest BCUT2D eigenvalue weighted by Gasteiger charge is 2.28. The van der Waals surface area contributed by atoms with E-state index >= 15 is 0 Å². The highest BCUT2D eigenvalue weighted by Crippen LogP contribution is 2.15. The maximum absolute atomic E-state index is 12.0. The van der Waals surface area contributed by atoms with E-state index in [-0.39, 0.29) is 18.0 Å². The number of carbonyl (C=O) groups is 1. The smallest absolute Gasteiger partial charge is 0.237 e. The summed E-state index contributed by atoms with van der Waals surface area (Å²) in [6.07, 6.45) is 3.20. The van der Waals surface area contributed by atoms with Crippen molar-refractivity contribution in [1.29, 1.82) is 0 Å². The third-order valence-electron chi connectivity index (χ3n) is 3.26. The molecule has 4 heteroatoms. The van der Waals surface area contributed by atoms with Gasteiger partial charge in [-0.05, 0) is 31.7 Å². The van der Waals surface area contributed by atoms with Gasteiger partial charge in [-0.3, -0.25) is 4.79 Å². The van der Waals surface area contributed by atoms with Gasteiger partial charge in [-0.1, -0.05) is 13.8 Å². The van der Waals surface area contributed by atoms with Crippen molar-refractivity contribution in [2.75, 3.05) is 20.3 Å². The summed E-state index contributed by atoms with van der Waals surface area (Å²) in [7, 11) is 1.66. The van der Waals surface area contributed by atoms with Gasteiger partial charge in [0.25, 0.3) is 0 Å². The largest absolute Gasteiger partial charge is 0.383 e. The Hall–Kier alpha value is -0.610. The summed E-state index contributed by atoms with van der Waals surface area (Å²) in [5.74, 6) is 0.546. The quantitative estimate of drug-likeness (QED) is 0.735.